The third kappa shape index (κ3) is 5.93. The molecule has 1 aliphatic carbocycles. The van der Waals surface area contributed by atoms with Gasteiger partial charge in [0.05, 0.1) is 18.8 Å². The van der Waals surface area contributed by atoms with Crippen LogP contribution in [-0.4, -0.2) is 96.8 Å². The van der Waals surface area contributed by atoms with Gasteiger partial charge in [-0.1, -0.05) is 36.1 Å². The van der Waals surface area contributed by atoms with Crippen molar-refractivity contribution >= 4 is 0 Å². The summed E-state index contributed by atoms with van der Waals surface area (Å²) < 4.78 is 5.60. The Morgan fingerprint density at radius 3 is 1.84 bits per heavy atom. The van der Waals surface area contributed by atoms with Gasteiger partial charge in [0.1, 0.15) is 36.6 Å². The Balaban J connectivity index is 1.49. The van der Waals surface area contributed by atoms with Crippen molar-refractivity contribution in [2.45, 2.75) is 61.2 Å². The highest BCUT2D eigenvalue weighted by Gasteiger charge is 2.44. The van der Waals surface area contributed by atoms with E-state index in [1.165, 1.54) is 0 Å². The molecule has 4 rings (SSSR count). The molecule has 1 heterocycles. The second-order valence-corrected chi connectivity index (χ2v) is 9.76. The molecule has 2 aromatic rings. The molecule has 0 bridgehead atoms. The molecule has 1 saturated heterocycles. The Labute approximate surface area is 220 Å². The fraction of sp³-hybridized carbons (Fsp3) is 0.448. The molecule has 0 spiro atoms. The number of aliphatic hydroxyl groups is 8. The smallest absolute Gasteiger partial charge is 0.113 e. The molecule has 2 aliphatic rings. The van der Waals surface area contributed by atoms with Crippen LogP contribution in [0.25, 0.3) is 0 Å². The lowest BCUT2D eigenvalue weighted by Gasteiger charge is -2.40. The average Bonchev–Trinajstić information content (AvgIpc) is 2.93. The van der Waals surface area contributed by atoms with E-state index >= 15 is 0 Å². The van der Waals surface area contributed by atoms with Gasteiger partial charge in [-0.3, -0.25) is 0 Å². The van der Waals surface area contributed by atoms with Crippen molar-refractivity contribution in [2.75, 3.05) is 13.2 Å². The van der Waals surface area contributed by atoms with Gasteiger partial charge in [-0.05, 0) is 53.7 Å². The minimum absolute atomic E-state index is 0.298. The Kier molecular flexibility index (Phi) is 9.19. The second kappa shape index (κ2) is 12.4. The Hall–Kier alpha value is -2.80. The summed E-state index contributed by atoms with van der Waals surface area (Å²) >= 11 is 0. The molecule has 2 aromatic carbocycles. The molecular weight excluding hydrogens is 492 g/mol. The molecule has 2 fully saturated rings. The van der Waals surface area contributed by atoms with Gasteiger partial charge in [0.25, 0.3) is 0 Å². The van der Waals surface area contributed by atoms with Crippen molar-refractivity contribution < 1.29 is 45.6 Å². The lowest BCUT2D eigenvalue weighted by Crippen LogP contribution is -2.55. The SMILES string of the molecule is OC[C@H]1C[C@H](c2cccc(C#CC#Cc3cccc([C@H]4O[C@H](CO)[C@@H](O)[C@H](O)[C@@H]4O)c3)c2)[C@@H](O)[C@@H](O)[C@@H]1O. The maximum atomic E-state index is 10.5. The molecular formula is C29H32O9. The van der Waals surface area contributed by atoms with Crippen LogP contribution in [0.15, 0.2) is 48.5 Å². The number of benzene rings is 2. The fourth-order valence-electron chi connectivity index (χ4n) is 5.06. The van der Waals surface area contributed by atoms with E-state index < -0.39 is 67.3 Å². The van der Waals surface area contributed by atoms with Gasteiger partial charge >= 0.3 is 0 Å². The Bertz CT molecular complexity index is 1130. The largest absolute Gasteiger partial charge is 0.396 e. The number of hydrogen-bond acceptors (Lipinski definition) is 9. The molecule has 202 valence electrons. The predicted molar refractivity (Wildman–Crippen MR) is 135 cm³/mol. The van der Waals surface area contributed by atoms with Gasteiger partial charge in [0.15, 0.2) is 0 Å². The first-order valence-electron chi connectivity index (χ1n) is 12.4. The van der Waals surface area contributed by atoms with Gasteiger partial charge in [-0.2, -0.15) is 0 Å². The molecule has 1 saturated carbocycles. The van der Waals surface area contributed by atoms with E-state index in [4.69, 9.17) is 4.74 Å². The average molecular weight is 525 g/mol. The normalized spacial score (nSPS) is 34.9. The highest BCUT2D eigenvalue weighted by atomic mass is 16.5. The van der Waals surface area contributed by atoms with Crippen LogP contribution in [0, 0.1) is 29.6 Å². The third-order valence-electron chi connectivity index (χ3n) is 7.28. The number of hydrogen-bond donors (Lipinski definition) is 8. The first-order chi connectivity index (χ1) is 18.2. The van der Waals surface area contributed by atoms with Gasteiger partial charge in [-0.25, -0.2) is 0 Å². The van der Waals surface area contributed by atoms with Crippen molar-refractivity contribution in [3.8, 4) is 23.7 Å². The van der Waals surface area contributed by atoms with Gasteiger partial charge in [0, 0.05) is 29.6 Å². The second-order valence-electron chi connectivity index (χ2n) is 9.76. The molecule has 8 N–H and O–H groups in total. The van der Waals surface area contributed by atoms with E-state index in [1.807, 2.05) is 0 Å². The molecule has 1 aliphatic heterocycles. The maximum Gasteiger partial charge on any atom is 0.113 e. The molecule has 38 heavy (non-hydrogen) atoms. The number of aliphatic hydroxyl groups excluding tert-OH is 8. The fourth-order valence-corrected chi connectivity index (χ4v) is 5.06. The van der Waals surface area contributed by atoms with Crippen LogP contribution in [0.5, 0.6) is 0 Å². The highest BCUT2D eigenvalue weighted by Crippen LogP contribution is 2.37. The molecule has 0 aromatic heterocycles. The molecule has 9 heteroatoms. The molecule has 9 nitrogen and oxygen atoms in total. The summed E-state index contributed by atoms with van der Waals surface area (Å²) in [4.78, 5) is 0. The Morgan fingerprint density at radius 1 is 0.658 bits per heavy atom. The van der Waals surface area contributed by atoms with E-state index in [-0.39, 0.29) is 6.61 Å². The zero-order chi connectivity index (χ0) is 27.4. The molecule has 0 unspecified atom stereocenters. The van der Waals surface area contributed by atoms with Crippen molar-refractivity contribution in [2.24, 2.45) is 5.92 Å². The minimum Gasteiger partial charge on any atom is -0.396 e. The summed E-state index contributed by atoms with van der Waals surface area (Å²) in [5, 5.41) is 80.1. The topological polar surface area (TPSA) is 171 Å². The molecule has 0 radical (unpaired) electrons. The van der Waals surface area contributed by atoms with Gasteiger partial charge in [0.2, 0.25) is 0 Å². The van der Waals surface area contributed by atoms with Crippen LogP contribution in [0.3, 0.4) is 0 Å². The van der Waals surface area contributed by atoms with E-state index in [2.05, 4.69) is 23.7 Å². The van der Waals surface area contributed by atoms with Crippen molar-refractivity contribution in [3.05, 3.63) is 70.8 Å². The summed E-state index contributed by atoms with van der Waals surface area (Å²) in [6, 6.07) is 13.9. The van der Waals surface area contributed by atoms with Crippen molar-refractivity contribution in [1.29, 1.82) is 0 Å². The van der Waals surface area contributed by atoms with Crippen molar-refractivity contribution in [3.63, 3.8) is 0 Å². The first-order valence-corrected chi connectivity index (χ1v) is 12.4. The quantitative estimate of drug-likeness (QED) is 0.228. The van der Waals surface area contributed by atoms with Gasteiger partial charge < -0.3 is 45.6 Å². The van der Waals surface area contributed by atoms with Crippen LogP contribution >= 0.6 is 0 Å². The number of ether oxygens (including phenoxy) is 1. The summed E-state index contributed by atoms with van der Waals surface area (Å²) in [5.74, 6) is 10.4. The molecule has 0 amide bonds. The standard InChI is InChI=1S/C29H32O9/c30-14-20-13-21(24(33)26(35)23(20)32)18-9-3-7-16(11-18)5-1-2-6-17-8-4-10-19(12-17)29-28(37)27(36)25(34)22(15-31)38-29/h3-4,7-12,20-37H,13-15H2/t20-,21-,22-,23-,24-,25-,26+,27+,28+,29-/m1/s1. The van der Waals surface area contributed by atoms with E-state index in [0.29, 0.717) is 23.1 Å². The van der Waals surface area contributed by atoms with Crippen LogP contribution < -0.4 is 0 Å². The summed E-state index contributed by atoms with van der Waals surface area (Å²) in [6.07, 6.45) is -9.66. The maximum absolute atomic E-state index is 10.5. The van der Waals surface area contributed by atoms with Crippen molar-refractivity contribution in [1.82, 2.24) is 0 Å². The monoisotopic (exact) mass is 524 g/mol. The zero-order valence-electron chi connectivity index (χ0n) is 20.5. The van der Waals surface area contributed by atoms with Crippen LogP contribution in [0.4, 0.5) is 0 Å². The van der Waals surface area contributed by atoms with Gasteiger partial charge in [-0.15, -0.1) is 0 Å². The lowest BCUT2D eigenvalue weighted by atomic mass is 9.73. The lowest BCUT2D eigenvalue weighted by molar-refractivity contribution is -0.231. The van der Waals surface area contributed by atoms with Crippen LogP contribution in [-0.2, 0) is 4.74 Å². The number of rotatable bonds is 4. The van der Waals surface area contributed by atoms with E-state index in [1.54, 1.807) is 48.5 Å². The minimum atomic E-state index is -1.47. The Morgan fingerprint density at radius 2 is 1.24 bits per heavy atom. The van der Waals surface area contributed by atoms with E-state index in [0.717, 1.165) is 5.56 Å². The molecule has 10 atom stereocenters. The van der Waals surface area contributed by atoms with Crippen LogP contribution in [0.2, 0.25) is 0 Å². The highest BCUT2D eigenvalue weighted by molar-refractivity contribution is 5.46. The summed E-state index contributed by atoms with van der Waals surface area (Å²) in [7, 11) is 0. The first kappa shape index (κ1) is 28.2. The predicted octanol–water partition coefficient (Wildman–Crippen LogP) is -1.22. The summed E-state index contributed by atoms with van der Waals surface area (Å²) in [6.45, 7) is -0.809. The van der Waals surface area contributed by atoms with Crippen LogP contribution in [0.1, 0.15) is 40.7 Å². The van der Waals surface area contributed by atoms with E-state index in [9.17, 15) is 40.9 Å². The zero-order valence-corrected chi connectivity index (χ0v) is 20.5. The summed E-state index contributed by atoms with van der Waals surface area (Å²) in [5.41, 5.74) is 2.47. The third-order valence-corrected chi connectivity index (χ3v) is 7.28.